The van der Waals surface area contributed by atoms with Crippen LogP contribution in [0.3, 0.4) is 0 Å². The maximum atomic E-state index is 13.2. The molecule has 0 spiro atoms. The second kappa shape index (κ2) is 5.54. The normalized spacial score (nSPS) is 21.0. The second-order valence-corrected chi connectivity index (χ2v) is 7.42. The first kappa shape index (κ1) is 16.1. The summed E-state index contributed by atoms with van der Waals surface area (Å²) in [6.07, 6.45) is 3.95. The van der Waals surface area contributed by atoms with Crippen molar-refractivity contribution in [3.63, 3.8) is 0 Å². The van der Waals surface area contributed by atoms with Gasteiger partial charge in [0.1, 0.15) is 6.04 Å². The lowest BCUT2D eigenvalue weighted by Gasteiger charge is -2.20. The van der Waals surface area contributed by atoms with Crippen LogP contribution < -0.4 is 0 Å². The summed E-state index contributed by atoms with van der Waals surface area (Å²) in [4.78, 5) is 33.3. The number of amides is 2. The molecule has 7 heteroatoms. The number of nitrogens with zero attached hydrogens (tertiary/aromatic N) is 5. The topological polar surface area (TPSA) is 71.3 Å². The molecule has 2 fully saturated rings. The number of aromatic nitrogens is 3. The summed E-state index contributed by atoms with van der Waals surface area (Å²) in [6.45, 7) is 6.20. The molecule has 1 aliphatic carbocycles. The molecule has 1 atom stereocenters. The third-order valence-corrected chi connectivity index (χ3v) is 5.13. The fraction of sp³-hybridized carbons (Fsp3) is 0.556. The largest absolute Gasteiger partial charge is 0.326 e. The monoisotopic (exact) mass is 341 g/mol. The van der Waals surface area contributed by atoms with Crippen LogP contribution in [0, 0.1) is 0 Å². The molecule has 25 heavy (non-hydrogen) atoms. The van der Waals surface area contributed by atoms with E-state index >= 15 is 0 Å². The van der Waals surface area contributed by atoms with Crippen LogP contribution in [0.4, 0.5) is 0 Å². The van der Waals surface area contributed by atoms with Crippen LogP contribution in [0.1, 0.15) is 61.6 Å². The lowest BCUT2D eigenvalue weighted by atomic mass is 10.1. The van der Waals surface area contributed by atoms with Gasteiger partial charge in [-0.05, 0) is 39.7 Å². The van der Waals surface area contributed by atoms with E-state index < -0.39 is 6.04 Å². The highest BCUT2D eigenvalue weighted by Gasteiger charge is 2.38. The molecule has 3 heterocycles. The Balaban J connectivity index is 1.83. The van der Waals surface area contributed by atoms with E-state index in [1.807, 2.05) is 10.7 Å². The molecular weight excluding hydrogens is 318 g/mol. The Morgan fingerprint density at radius 2 is 2.04 bits per heavy atom. The maximum absolute atomic E-state index is 13.2. The molecule has 1 saturated carbocycles. The van der Waals surface area contributed by atoms with Crippen LogP contribution in [0.5, 0.6) is 0 Å². The number of carbonyl (C=O) groups is 2. The Bertz CT molecular complexity index is 868. The Kier molecular flexibility index (Phi) is 3.56. The maximum Gasteiger partial charge on any atom is 0.256 e. The van der Waals surface area contributed by atoms with E-state index in [4.69, 9.17) is 4.98 Å². The summed E-state index contributed by atoms with van der Waals surface area (Å²) in [6, 6.07) is 1.63. The first-order valence-corrected chi connectivity index (χ1v) is 8.82. The standard InChI is InChI=1S/C18H23N5O2/c1-10(2)23-16-14(8-19-23)13(7-15(20-16)12-5-6-12)18(25)22-9-21(4)17(24)11(22)3/h7-8,10-12H,5-6,9H2,1-4H3. The van der Waals surface area contributed by atoms with Gasteiger partial charge in [-0.1, -0.05) is 0 Å². The molecule has 7 nitrogen and oxygen atoms in total. The number of hydrogen-bond acceptors (Lipinski definition) is 4. The summed E-state index contributed by atoms with van der Waals surface area (Å²) in [5.41, 5.74) is 2.33. The molecule has 0 bridgehead atoms. The first-order chi connectivity index (χ1) is 11.9. The van der Waals surface area contributed by atoms with Gasteiger partial charge in [-0.2, -0.15) is 5.10 Å². The number of carbonyl (C=O) groups excluding carboxylic acids is 2. The van der Waals surface area contributed by atoms with Crippen molar-refractivity contribution in [3.05, 3.63) is 23.5 Å². The SMILES string of the molecule is CC1C(=O)N(C)CN1C(=O)c1cc(C2CC2)nc2c1cnn2C(C)C. The molecule has 4 rings (SSSR count). The van der Waals surface area contributed by atoms with Gasteiger partial charge in [0.05, 0.1) is 23.8 Å². The van der Waals surface area contributed by atoms with Gasteiger partial charge in [0, 0.05) is 24.7 Å². The predicted molar refractivity (Wildman–Crippen MR) is 93.2 cm³/mol. The number of hydrogen-bond donors (Lipinski definition) is 0. The van der Waals surface area contributed by atoms with Crippen molar-refractivity contribution < 1.29 is 9.59 Å². The zero-order valence-electron chi connectivity index (χ0n) is 15.1. The first-order valence-electron chi connectivity index (χ1n) is 8.82. The van der Waals surface area contributed by atoms with Gasteiger partial charge in [0.2, 0.25) is 5.91 Å². The minimum Gasteiger partial charge on any atom is -0.326 e. The van der Waals surface area contributed by atoms with Gasteiger partial charge in [0.15, 0.2) is 5.65 Å². The average Bonchev–Trinajstić information content (AvgIpc) is 3.29. The molecule has 132 valence electrons. The van der Waals surface area contributed by atoms with E-state index in [0.717, 1.165) is 29.6 Å². The van der Waals surface area contributed by atoms with Gasteiger partial charge in [0.25, 0.3) is 5.91 Å². The van der Waals surface area contributed by atoms with E-state index in [0.29, 0.717) is 18.2 Å². The van der Waals surface area contributed by atoms with Crippen molar-refractivity contribution in [3.8, 4) is 0 Å². The fourth-order valence-electron chi connectivity index (χ4n) is 3.45. The van der Waals surface area contributed by atoms with Gasteiger partial charge < -0.3 is 9.80 Å². The summed E-state index contributed by atoms with van der Waals surface area (Å²) < 4.78 is 1.86. The van der Waals surface area contributed by atoms with Crippen LogP contribution in [0.25, 0.3) is 11.0 Å². The van der Waals surface area contributed by atoms with Crippen LogP contribution in [-0.2, 0) is 4.79 Å². The molecule has 0 aromatic carbocycles. The van der Waals surface area contributed by atoms with Gasteiger partial charge in [-0.15, -0.1) is 0 Å². The van der Waals surface area contributed by atoms with Crippen molar-refractivity contribution in [1.29, 1.82) is 0 Å². The highest BCUT2D eigenvalue weighted by molar-refractivity contribution is 6.07. The van der Waals surface area contributed by atoms with Gasteiger partial charge in [-0.25, -0.2) is 9.67 Å². The van der Waals surface area contributed by atoms with Gasteiger partial charge in [-0.3, -0.25) is 9.59 Å². The summed E-state index contributed by atoms with van der Waals surface area (Å²) in [5.74, 6) is 0.286. The van der Waals surface area contributed by atoms with Gasteiger partial charge >= 0.3 is 0 Å². The molecule has 2 aromatic heterocycles. The summed E-state index contributed by atoms with van der Waals surface area (Å²) in [5, 5.41) is 5.20. The minimum atomic E-state index is -0.440. The smallest absolute Gasteiger partial charge is 0.256 e. The van der Waals surface area contributed by atoms with Crippen LogP contribution >= 0.6 is 0 Å². The molecule has 2 aromatic rings. The zero-order chi connectivity index (χ0) is 17.9. The Hall–Kier alpha value is -2.44. The summed E-state index contributed by atoms with van der Waals surface area (Å²) in [7, 11) is 1.72. The van der Waals surface area contributed by atoms with Crippen molar-refractivity contribution in [1.82, 2.24) is 24.6 Å². The van der Waals surface area contributed by atoms with Crippen molar-refractivity contribution >= 4 is 22.8 Å². The minimum absolute atomic E-state index is 0.0288. The van der Waals surface area contributed by atoms with Crippen LogP contribution in [-0.4, -0.2) is 56.1 Å². The molecular formula is C18H23N5O2. The number of likely N-dealkylation sites (N-methyl/N-ethyl adjacent to an activating group) is 1. The highest BCUT2D eigenvalue weighted by atomic mass is 16.2. The Labute approximate surface area is 146 Å². The average molecular weight is 341 g/mol. The zero-order valence-corrected chi connectivity index (χ0v) is 15.1. The molecule has 0 N–H and O–H groups in total. The summed E-state index contributed by atoms with van der Waals surface area (Å²) >= 11 is 0. The predicted octanol–water partition coefficient (Wildman–Crippen LogP) is 2.15. The molecule has 1 saturated heterocycles. The third-order valence-electron chi connectivity index (χ3n) is 5.13. The third kappa shape index (κ3) is 2.49. The van der Waals surface area contributed by atoms with E-state index in [1.165, 1.54) is 0 Å². The van der Waals surface area contributed by atoms with E-state index in [2.05, 4.69) is 18.9 Å². The molecule has 2 aliphatic rings. The van der Waals surface area contributed by atoms with Crippen molar-refractivity contribution in [2.24, 2.45) is 0 Å². The van der Waals surface area contributed by atoms with E-state index in [-0.39, 0.29) is 17.9 Å². The fourth-order valence-corrected chi connectivity index (χ4v) is 3.45. The molecule has 1 aliphatic heterocycles. The van der Waals surface area contributed by atoms with E-state index in [9.17, 15) is 9.59 Å². The molecule has 1 unspecified atom stereocenters. The molecule has 0 radical (unpaired) electrons. The molecule has 2 amide bonds. The van der Waals surface area contributed by atoms with Crippen LogP contribution in [0.2, 0.25) is 0 Å². The Morgan fingerprint density at radius 3 is 2.60 bits per heavy atom. The van der Waals surface area contributed by atoms with Crippen molar-refractivity contribution in [2.75, 3.05) is 13.7 Å². The number of fused-ring (bicyclic) bond motifs is 1. The van der Waals surface area contributed by atoms with Crippen molar-refractivity contribution in [2.45, 2.75) is 51.6 Å². The number of rotatable bonds is 3. The second-order valence-electron chi connectivity index (χ2n) is 7.42. The Morgan fingerprint density at radius 1 is 1.32 bits per heavy atom. The highest BCUT2D eigenvalue weighted by Crippen LogP contribution is 2.40. The van der Waals surface area contributed by atoms with Crippen LogP contribution in [0.15, 0.2) is 12.3 Å². The number of pyridine rings is 1. The van der Waals surface area contributed by atoms with E-state index in [1.54, 1.807) is 30.0 Å². The lowest BCUT2D eigenvalue weighted by molar-refractivity contribution is -0.127. The lowest BCUT2D eigenvalue weighted by Crippen LogP contribution is -2.36. The quantitative estimate of drug-likeness (QED) is 0.857.